The fourth-order valence-corrected chi connectivity index (χ4v) is 4.01. The van der Waals surface area contributed by atoms with Crippen LogP contribution in [0.3, 0.4) is 0 Å². The number of amides is 3. The molecule has 0 aliphatic carbocycles. The molecule has 0 saturated carbocycles. The third kappa shape index (κ3) is 4.56. The summed E-state index contributed by atoms with van der Waals surface area (Å²) in [5.41, 5.74) is 1.74. The summed E-state index contributed by atoms with van der Waals surface area (Å²) in [5, 5.41) is 2.72. The number of rotatable bonds is 4. The Morgan fingerprint density at radius 2 is 1.87 bits per heavy atom. The smallest absolute Gasteiger partial charge is 0.269 e. The minimum atomic E-state index is -0.436. The van der Waals surface area contributed by atoms with Crippen LogP contribution in [-0.4, -0.2) is 68.7 Å². The first-order valence-electron chi connectivity index (χ1n) is 9.69. The van der Waals surface area contributed by atoms with Crippen molar-refractivity contribution in [3.63, 3.8) is 0 Å². The van der Waals surface area contributed by atoms with E-state index in [1.807, 2.05) is 6.92 Å². The van der Waals surface area contributed by atoms with E-state index in [1.54, 1.807) is 21.9 Å². The van der Waals surface area contributed by atoms with Crippen LogP contribution in [0.5, 0.6) is 0 Å². The van der Waals surface area contributed by atoms with E-state index in [4.69, 9.17) is 11.6 Å². The number of hydrogen-bond donors (Lipinski definition) is 1. The summed E-state index contributed by atoms with van der Waals surface area (Å²) in [7, 11) is 1.51. The van der Waals surface area contributed by atoms with E-state index in [-0.39, 0.29) is 34.6 Å². The lowest BCUT2D eigenvalue weighted by Crippen LogP contribution is -2.56. The highest BCUT2D eigenvalue weighted by Gasteiger charge is 2.38. The lowest BCUT2D eigenvalue weighted by Gasteiger charge is -2.46. The molecule has 1 saturated heterocycles. The standard InChI is InChI=1S/C21H23ClN6O3/c1-5-19(30)27-6-7-28(13(3)29)20(12(27)2)14-8-16(26-18(22)9-14)15-10-17(21(31)23-4)25-11-24-15/h5,8-12,20H,1,6-7H2,2-4H3,(H,23,31)/t12-,20+/m0/s1. The molecule has 0 bridgehead atoms. The Hall–Kier alpha value is -3.33. The molecule has 0 aromatic carbocycles. The first-order chi connectivity index (χ1) is 14.8. The molecule has 9 nitrogen and oxygen atoms in total. The van der Waals surface area contributed by atoms with Crippen LogP contribution in [0.25, 0.3) is 11.4 Å². The Balaban J connectivity index is 2.08. The fourth-order valence-electron chi connectivity index (χ4n) is 3.80. The van der Waals surface area contributed by atoms with Gasteiger partial charge in [-0.05, 0) is 36.8 Å². The molecule has 1 fully saturated rings. The number of carbonyl (C=O) groups excluding carboxylic acids is 3. The zero-order valence-electron chi connectivity index (χ0n) is 17.5. The number of piperazine rings is 1. The summed E-state index contributed by atoms with van der Waals surface area (Å²) >= 11 is 6.32. The van der Waals surface area contributed by atoms with Gasteiger partial charge in [0.15, 0.2) is 0 Å². The molecule has 10 heteroatoms. The summed E-state index contributed by atoms with van der Waals surface area (Å²) in [4.78, 5) is 52.5. The van der Waals surface area contributed by atoms with Crippen LogP contribution >= 0.6 is 11.6 Å². The van der Waals surface area contributed by atoms with Crippen molar-refractivity contribution in [3.8, 4) is 11.4 Å². The predicted molar refractivity (Wildman–Crippen MR) is 115 cm³/mol. The normalized spacial score (nSPS) is 18.5. The number of pyridine rings is 1. The van der Waals surface area contributed by atoms with E-state index in [0.29, 0.717) is 30.0 Å². The fraction of sp³-hybridized carbons (Fsp3) is 0.333. The Labute approximate surface area is 185 Å². The number of halogens is 1. The second-order valence-electron chi connectivity index (χ2n) is 7.11. The van der Waals surface area contributed by atoms with Crippen molar-refractivity contribution in [2.45, 2.75) is 25.9 Å². The second-order valence-corrected chi connectivity index (χ2v) is 7.50. The zero-order chi connectivity index (χ0) is 22.7. The van der Waals surface area contributed by atoms with Gasteiger partial charge in [-0.3, -0.25) is 14.4 Å². The van der Waals surface area contributed by atoms with E-state index >= 15 is 0 Å². The maximum absolute atomic E-state index is 12.4. The first-order valence-corrected chi connectivity index (χ1v) is 10.1. The van der Waals surface area contributed by atoms with E-state index in [1.165, 1.54) is 32.4 Å². The highest BCUT2D eigenvalue weighted by Crippen LogP contribution is 2.34. The Morgan fingerprint density at radius 3 is 2.52 bits per heavy atom. The highest BCUT2D eigenvalue weighted by molar-refractivity contribution is 6.29. The van der Waals surface area contributed by atoms with Crippen LogP contribution in [0.1, 0.15) is 35.9 Å². The number of nitrogens with one attached hydrogen (secondary N) is 1. The van der Waals surface area contributed by atoms with E-state index in [9.17, 15) is 14.4 Å². The molecular formula is C21H23ClN6O3. The number of hydrogen-bond acceptors (Lipinski definition) is 6. The molecule has 0 radical (unpaired) electrons. The Bertz CT molecular complexity index is 1040. The molecule has 3 amide bonds. The zero-order valence-corrected chi connectivity index (χ0v) is 18.3. The molecule has 0 unspecified atom stereocenters. The molecule has 1 aliphatic rings. The molecule has 3 heterocycles. The maximum atomic E-state index is 12.4. The molecule has 2 aromatic rings. The van der Waals surface area contributed by atoms with Gasteiger partial charge in [-0.15, -0.1) is 0 Å². The van der Waals surface area contributed by atoms with Gasteiger partial charge in [0.25, 0.3) is 5.91 Å². The molecule has 3 rings (SSSR count). The molecule has 2 aromatic heterocycles. The third-order valence-electron chi connectivity index (χ3n) is 5.28. The van der Waals surface area contributed by atoms with Gasteiger partial charge in [0.2, 0.25) is 11.8 Å². The van der Waals surface area contributed by atoms with Crippen molar-refractivity contribution in [1.82, 2.24) is 30.1 Å². The van der Waals surface area contributed by atoms with Gasteiger partial charge in [0, 0.05) is 27.1 Å². The molecule has 2 atom stereocenters. The molecule has 1 N–H and O–H groups in total. The maximum Gasteiger partial charge on any atom is 0.269 e. The lowest BCUT2D eigenvalue weighted by molar-refractivity contribution is -0.143. The first kappa shape index (κ1) is 22.4. The summed E-state index contributed by atoms with van der Waals surface area (Å²) in [6.45, 7) is 7.74. The van der Waals surface area contributed by atoms with Gasteiger partial charge in [-0.1, -0.05) is 18.2 Å². The van der Waals surface area contributed by atoms with Crippen LogP contribution in [0.15, 0.2) is 37.2 Å². The summed E-state index contributed by atoms with van der Waals surface area (Å²) in [5.74, 6) is -0.666. The van der Waals surface area contributed by atoms with Crippen LogP contribution in [-0.2, 0) is 9.59 Å². The molecular weight excluding hydrogens is 420 g/mol. The van der Waals surface area contributed by atoms with Crippen LogP contribution in [0.4, 0.5) is 0 Å². The second kappa shape index (κ2) is 9.22. The molecule has 162 valence electrons. The average molecular weight is 443 g/mol. The molecule has 31 heavy (non-hydrogen) atoms. The van der Waals surface area contributed by atoms with Gasteiger partial charge >= 0.3 is 0 Å². The summed E-state index contributed by atoms with van der Waals surface area (Å²) < 4.78 is 0. The van der Waals surface area contributed by atoms with Crippen LogP contribution in [0, 0.1) is 0 Å². The largest absolute Gasteiger partial charge is 0.354 e. The van der Waals surface area contributed by atoms with Crippen molar-refractivity contribution in [2.24, 2.45) is 0 Å². The minimum Gasteiger partial charge on any atom is -0.354 e. The SMILES string of the molecule is C=CC(=O)N1CCN(C(C)=O)[C@@H](c2cc(Cl)nc(-c3cc(C(=O)NC)ncn3)c2)[C@@H]1C. The van der Waals surface area contributed by atoms with E-state index in [2.05, 4.69) is 26.8 Å². The van der Waals surface area contributed by atoms with E-state index < -0.39 is 6.04 Å². The predicted octanol–water partition coefficient (Wildman–Crippen LogP) is 1.86. The Kier molecular flexibility index (Phi) is 6.65. The monoisotopic (exact) mass is 442 g/mol. The van der Waals surface area contributed by atoms with E-state index in [0.717, 1.165) is 0 Å². The number of nitrogens with zero attached hydrogens (tertiary/aromatic N) is 5. The van der Waals surface area contributed by atoms with Gasteiger partial charge in [-0.2, -0.15) is 0 Å². The molecule has 0 spiro atoms. The van der Waals surface area contributed by atoms with Crippen molar-refractivity contribution in [1.29, 1.82) is 0 Å². The summed E-state index contributed by atoms with van der Waals surface area (Å²) in [6, 6.07) is 4.20. The topological polar surface area (TPSA) is 108 Å². The number of carbonyl (C=O) groups is 3. The third-order valence-corrected chi connectivity index (χ3v) is 5.47. The van der Waals surface area contributed by atoms with Gasteiger partial charge in [-0.25, -0.2) is 15.0 Å². The van der Waals surface area contributed by atoms with Crippen molar-refractivity contribution >= 4 is 29.3 Å². The van der Waals surface area contributed by atoms with Crippen LogP contribution < -0.4 is 5.32 Å². The molecule has 1 aliphatic heterocycles. The minimum absolute atomic E-state index is 0.110. The van der Waals surface area contributed by atoms with Gasteiger partial charge < -0.3 is 15.1 Å². The highest BCUT2D eigenvalue weighted by atomic mass is 35.5. The summed E-state index contributed by atoms with van der Waals surface area (Å²) in [6.07, 6.45) is 2.54. The average Bonchev–Trinajstić information content (AvgIpc) is 2.77. The number of aromatic nitrogens is 3. The lowest BCUT2D eigenvalue weighted by atomic mass is 9.94. The Morgan fingerprint density at radius 1 is 1.16 bits per heavy atom. The van der Waals surface area contributed by atoms with Gasteiger partial charge in [0.1, 0.15) is 17.2 Å². The van der Waals surface area contributed by atoms with Crippen LogP contribution in [0.2, 0.25) is 5.15 Å². The van der Waals surface area contributed by atoms with Crippen molar-refractivity contribution < 1.29 is 14.4 Å². The van der Waals surface area contributed by atoms with Crippen molar-refractivity contribution in [3.05, 3.63) is 53.6 Å². The van der Waals surface area contributed by atoms with Crippen molar-refractivity contribution in [2.75, 3.05) is 20.1 Å². The quantitative estimate of drug-likeness (QED) is 0.572. The van der Waals surface area contributed by atoms with Gasteiger partial charge in [0.05, 0.1) is 23.5 Å².